The summed E-state index contributed by atoms with van der Waals surface area (Å²) >= 11 is 0. The van der Waals surface area contributed by atoms with E-state index in [1.807, 2.05) is 48.3 Å². The van der Waals surface area contributed by atoms with Crippen LogP contribution < -0.4 is 10.1 Å². The van der Waals surface area contributed by atoms with Gasteiger partial charge in [0.25, 0.3) is 0 Å². The molecule has 1 N–H and O–H groups in total. The van der Waals surface area contributed by atoms with E-state index in [1.165, 1.54) is 6.07 Å². The van der Waals surface area contributed by atoms with E-state index < -0.39 is 0 Å². The van der Waals surface area contributed by atoms with Crippen LogP contribution in [0.3, 0.4) is 0 Å². The summed E-state index contributed by atoms with van der Waals surface area (Å²) in [6, 6.07) is 16.7. The molecule has 0 unspecified atom stereocenters. The Kier molecular flexibility index (Phi) is 7.47. The number of ether oxygens (including phenoxy) is 2. The fourth-order valence-electron chi connectivity index (χ4n) is 3.70. The van der Waals surface area contributed by atoms with Crippen LogP contribution in [0.4, 0.5) is 4.39 Å². The van der Waals surface area contributed by atoms with Gasteiger partial charge < -0.3 is 19.7 Å². The topological polar surface area (TPSA) is 46.1 Å². The van der Waals surface area contributed by atoms with E-state index in [2.05, 4.69) is 10.3 Å². The molecule has 0 amide bonds. The lowest BCUT2D eigenvalue weighted by atomic mass is 9.74. The van der Waals surface area contributed by atoms with Gasteiger partial charge in [0.05, 0.1) is 6.54 Å². The maximum absolute atomic E-state index is 13.9. The first kappa shape index (κ1) is 21.1. The number of guanidine groups is 1. The Balaban J connectivity index is 1.59. The lowest BCUT2D eigenvalue weighted by Crippen LogP contribution is -2.49. The summed E-state index contributed by atoms with van der Waals surface area (Å²) in [5.74, 6) is 1.45. The molecule has 1 aliphatic rings. The van der Waals surface area contributed by atoms with Gasteiger partial charge in [-0.25, -0.2) is 4.39 Å². The minimum absolute atomic E-state index is 0.169. The number of benzene rings is 2. The molecule has 29 heavy (non-hydrogen) atoms. The maximum atomic E-state index is 13.9. The molecule has 3 rings (SSSR count). The molecule has 0 atom stereocenters. The van der Waals surface area contributed by atoms with E-state index in [9.17, 15) is 4.39 Å². The summed E-state index contributed by atoms with van der Waals surface area (Å²) in [6.45, 7) is 3.29. The highest BCUT2D eigenvalue weighted by Crippen LogP contribution is 2.34. The predicted molar refractivity (Wildman–Crippen MR) is 114 cm³/mol. The quantitative estimate of drug-likeness (QED) is 0.572. The van der Waals surface area contributed by atoms with Crippen molar-refractivity contribution in [3.05, 3.63) is 66.0 Å². The third-order valence-corrected chi connectivity index (χ3v) is 5.48. The highest BCUT2D eigenvalue weighted by molar-refractivity contribution is 5.79. The van der Waals surface area contributed by atoms with E-state index in [0.717, 1.165) is 30.1 Å². The Morgan fingerprint density at radius 3 is 2.62 bits per heavy atom. The van der Waals surface area contributed by atoms with Gasteiger partial charge in [0.15, 0.2) is 5.96 Å². The van der Waals surface area contributed by atoms with E-state index in [1.54, 1.807) is 19.2 Å². The van der Waals surface area contributed by atoms with Crippen molar-refractivity contribution in [2.45, 2.75) is 18.3 Å². The van der Waals surface area contributed by atoms with Gasteiger partial charge in [-0.05, 0) is 42.7 Å². The molecule has 0 spiro atoms. The number of rotatable bonds is 7. The van der Waals surface area contributed by atoms with E-state index >= 15 is 0 Å². The zero-order valence-electron chi connectivity index (χ0n) is 17.2. The second-order valence-corrected chi connectivity index (χ2v) is 7.39. The number of hydrogen-bond donors (Lipinski definition) is 1. The Labute approximate surface area is 172 Å². The molecule has 1 saturated heterocycles. The SMILES string of the molecule is CN=C(NCC1(c2cccc(F)c2)CCOCC1)N(C)CCOc1ccccc1. The van der Waals surface area contributed by atoms with Crippen molar-refractivity contribution in [1.82, 2.24) is 10.2 Å². The second-order valence-electron chi connectivity index (χ2n) is 7.39. The van der Waals surface area contributed by atoms with Crippen molar-refractivity contribution in [1.29, 1.82) is 0 Å². The molecule has 156 valence electrons. The van der Waals surface area contributed by atoms with Crippen LogP contribution in [0.2, 0.25) is 0 Å². The molecule has 6 heteroatoms. The zero-order chi connectivity index (χ0) is 20.5. The first-order chi connectivity index (χ1) is 14.1. The van der Waals surface area contributed by atoms with Crippen LogP contribution in [0, 0.1) is 5.82 Å². The van der Waals surface area contributed by atoms with E-state index in [-0.39, 0.29) is 11.2 Å². The molecule has 1 fully saturated rings. The average molecular weight is 400 g/mol. The minimum atomic E-state index is -0.201. The Hall–Kier alpha value is -2.60. The van der Waals surface area contributed by atoms with Crippen LogP contribution in [-0.4, -0.2) is 57.9 Å². The number of likely N-dealkylation sites (N-methyl/N-ethyl adjacent to an activating group) is 1. The summed E-state index contributed by atoms with van der Waals surface area (Å²) in [4.78, 5) is 6.45. The van der Waals surface area contributed by atoms with Gasteiger partial charge >= 0.3 is 0 Å². The van der Waals surface area contributed by atoms with Crippen LogP contribution >= 0.6 is 0 Å². The number of halogens is 1. The summed E-state index contributed by atoms with van der Waals surface area (Å²) in [5, 5.41) is 3.49. The van der Waals surface area contributed by atoms with Gasteiger partial charge in [0.2, 0.25) is 0 Å². The van der Waals surface area contributed by atoms with Crippen LogP contribution in [0.1, 0.15) is 18.4 Å². The maximum Gasteiger partial charge on any atom is 0.193 e. The van der Waals surface area contributed by atoms with E-state index in [0.29, 0.717) is 32.9 Å². The van der Waals surface area contributed by atoms with Gasteiger partial charge in [-0.15, -0.1) is 0 Å². The van der Waals surface area contributed by atoms with Gasteiger partial charge in [0, 0.05) is 39.3 Å². The summed E-state index contributed by atoms with van der Waals surface area (Å²) in [6.07, 6.45) is 1.70. The van der Waals surface area contributed by atoms with Gasteiger partial charge in [0.1, 0.15) is 18.2 Å². The molecule has 2 aromatic carbocycles. The molecule has 0 aliphatic carbocycles. The highest BCUT2D eigenvalue weighted by atomic mass is 19.1. The zero-order valence-corrected chi connectivity index (χ0v) is 17.2. The number of hydrogen-bond acceptors (Lipinski definition) is 3. The first-order valence-electron chi connectivity index (χ1n) is 10.1. The molecule has 0 bridgehead atoms. The van der Waals surface area contributed by atoms with Crippen molar-refractivity contribution < 1.29 is 13.9 Å². The molecule has 5 nitrogen and oxygen atoms in total. The first-order valence-corrected chi connectivity index (χ1v) is 10.1. The second kappa shape index (κ2) is 10.3. The molecular formula is C23H30FN3O2. The molecule has 1 heterocycles. The predicted octanol–water partition coefficient (Wildman–Crippen LogP) is 3.46. The standard InChI is InChI=1S/C23H30FN3O2/c1-25-22(27(2)13-16-29-21-9-4-3-5-10-21)26-18-23(11-14-28-15-12-23)19-7-6-8-20(24)17-19/h3-10,17H,11-16,18H2,1-2H3,(H,25,26). The Morgan fingerprint density at radius 2 is 1.93 bits per heavy atom. The number of nitrogens with zero attached hydrogens (tertiary/aromatic N) is 2. The molecular weight excluding hydrogens is 369 g/mol. The van der Waals surface area contributed by atoms with Crippen molar-refractivity contribution >= 4 is 5.96 Å². The van der Waals surface area contributed by atoms with Crippen LogP contribution in [0.5, 0.6) is 5.75 Å². The summed E-state index contributed by atoms with van der Waals surface area (Å²) in [5.41, 5.74) is 0.844. The third-order valence-electron chi connectivity index (χ3n) is 5.48. The molecule has 1 aliphatic heterocycles. The summed E-state index contributed by atoms with van der Waals surface area (Å²) < 4.78 is 25.2. The number of para-hydroxylation sites is 1. The number of aliphatic imine (C=N–C) groups is 1. The highest BCUT2D eigenvalue weighted by Gasteiger charge is 2.35. The normalized spacial score (nSPS) is 16.3. The monoisotopic (exact) mass is 399 g/mol. The van der Waals surface area contributed by atoms with Crippen LogP contribution in [0.15, 0.2) is 59.6 Å². The van der Waals surface area contributed by atoms with Gasteiger partial charge in [-0.1, -0.05) is 30.3 Å². The largest absolute Gasteiger partial charge is 0.492 e. The average Bonchev–Trinajstić information content (AvgIpc) is 2.75. The fourth-order valence-corrected chi connectivity index (χ4v) is 3.70. The van der Waals surface area contributed by atoms with Gasteiger partial charge in [-0.2, -0.15) is 0 Å². The Bertz CT molecular complexity index is 792. The Morgan fingerprint density at radius 1 is 1.17 bits per heavy atom. The molecule has 0 radical (unpaired) electrons. The minimum Gasteiger partial charge on any atom is -0.492 e. The molecule has 0 aromatic heterocycles. The smallest absolute Gasteiger partial charge is 0.193 e. The van der Waals surface area contributed by atoms with Crippen molar-refractivity contribution in [2.75, 3.05) is 47.0 Å². The number of nitrogens with one attached hydrogen (secondary N) is 1. The van der Waals surface area contributed by atoms with Gasteiger partial charge in [-0.3, -0.25) is 4.99 Å². The van der Waals surface area contributed by atoms with Crippen LogP contribution in [0.25, 0.3) is 0 Å². The lowest BCUT2D eigenvalue weighted by molar-refractivity contribution is 0.0511. The van der Waals surface area contributed by atoms with Crippen LogP contribution in [-0.2, 0) is 10.2 Å². The fraction of sp³-hybridized carbons (Fsp3) is 0.435. The van der Waals surface area contributed by atoms with Crippen molar-refractivity contribution in [2.24, 2.45) is 4.99 Å². The summed E-state index contributed by atoms with van der Waals surface area (Å²) in [7, 11) is 3.76. The molecule has 2 aromatic rings. The molecule has 0 saturated carbocycles. The lowest BCUT2D eigenvalue weighted by Gasteiger charge is -2.39. The van der Waals surface area contributed by atoms with Crippen molar-refractivity contribution in [3.8, 4) is 5.75 Å². The van der Waals surface area contributed by atoms with E-state index in [4.69, 9.17) is 9.47 Å². The van der Waals surface area contributed by atoms with Crippen molar-refractivity contribution in [3.63, 3.8) is 0 Å². The third kappa shape index (κ3) is 5.70.